The molecule has 1 aromatic carbocycles. The van der Waals surface area contributed by atoms with Crippen molar-refractivity contribution in [2.45, 2.75) is 19.6 Å². The highest BCUT2D eigenvalue weighted by Gasteiger charge is 2.01. The number of hydrogen-bond acceptors (Lipinski definition) is 3. The van der Waals surface area contributed by atoms with Gasteiger partial charge >= 0.3 is 0 Å². The van der Waals surface area contributed by atoms with Crippen molar-refractivity contribution in [1.82, 2.24) is 4.90 Å². The number of nitrogens with zero attached hydrogens (tertiary/aromatic N) is 1. The summed E-state index contributed by atoms with van der Waals surface area (Å²) in [5.74, 6) is 0. The second kappa shape index (κ2) is 6.58. The van der Waals surface area contributed by atoms with Gasteiger partial charge in [-0.25, -0.2) is 0 Å². The standard InChI is InChI=1S/C12H18N2OS/c1-14(7-6-12(13)16)8-10-2-4-11(9-15)5-3-10/h2-5,15H,6-9H2,1H3,(H2,13,16). The Morgan fingerprint density at radius 3 is 2.38 bits per heavy atom. The first kappa shape index (κ1) is 13.1. The average molecular weight is 238 g/mol. The van der Waals surface area contributed by atoms with Crippen LogP contribution < -0.4 is 5.73 Å². The van der Waals surface area contributed by atoms with E-state index in [1.807, 2.05) is 31.3 Å². The number of hydrogen-bond donors (Lipinski definition) is 2. The van der Waals surface area contributed by atoms with Gasteiger partial charge in [0.25, 0.3) is 0 Å². The molecule has 88 valence electrons. The van der Waals surface area contributed by atoms with Crippen molar-refractivity contribution in [2.75, 3.05) is 13.6 Å². The first-order valence-corrected chi connectivity index (χ1v) is 5.68. The van der Waals surface area contributed by atoms with Gasteiger partial charge in [0.2, 0.25) is 0 Å². The fraction of sp³-hybridized carbons (Fsp3) is 0.417. The molecule has 0 aliphatic heterocycles. The Balaban J connectivity index is 2.43. The summed E-state index contributed by atoms with van der Waals surface area (Å²) >= 11 is 4.83. The number of nitrogens with two attached hydrogens (primary N) is 1. The zero-order valence-electron chi connectivity index (χ0n) is 9.52. The second-order valence-corrected chi connectivity index (χ2v) is 4.45. The van der Waals surface area contributed by atoms with E-state index in [2.05, 4.69) is 4.90 Å². The molecule has 1 aromatic rings. The highest BCUT2D eigenvalue weighted by molar-refractivity contribution is 7.80. The molecule has 3 nitrogen and oxygen atoms in total. The maximum Gasteiger partial charge on any atom is 0.0740 e. The molecule has 0 unspecified atom stereocenters. The molecule has 0 aliphatic carbocycles. The fourth-order valence-electron chi connectivity index (χ4n) is 1.44. The minimum Gasteiger partial charge on any atom is -0.393 e. The highest BCUT2D eigenvalue weighted by Crippen LogP contribution is 2.06. The van der Waals surface area contributed by atoms with Gasteiger partial charge in [-0.1, -0.05) is 36.5 Å². The molecule has 0 bridgehead atoms. The lowest BCUT2D eigenvalue weighted by Crippen LogP contribution is -2.23. The summed E-state index contributed by atoms with van der Waals surface area (Å²) in [7, 11) is 2.04. The van der Waals surface area contributed by atoms with Crippen LogP contribution in [0.15, 0.2) is 24.3 Å². The van der Waals surface area contributed by atoms with E-state index in [9.17, 15) is 0 Å². The molecular formula is C12H18N2OS. The van der Waals surface area contributed by atoms with E-state index < -0.39 is 0 Å². The van der Waals surface area contributed by atoms with Gasteiger partial charge in [0, 0.05) is 19.5 Å². The molecule has 0 spiro atoms. The quantitative estimate of drug-likeness (QED) is 0.733. The van der Waals surface area contributed by atoms with Gasteiger partial charge in [-0.2, -0.15) is 0 Å². The van der Waals surface area contributed by atoms with Crippen molar-refractivity contribution < 1.29 is 5.11 Å². The van der Waals surface area contributed by atoms with E-state index in [1.165, 1.54) is 5.56 Å². The molecule has 0 atom stereocenters. The van der Waals surface area contributed by atoms with Crippen molar-refractivity contribution in [3.8, 4) is 0 Å². The van der Waals surface area contributed by atoms with Crippen molar-refractivity contribution >= 4 is 17.2 Å². The molecule has 3 N–H and O–H groups in total. The van der Waals surface area contributed by atoms with Crippen molar-refractivity contribution in [3.05, 3.63) is 35.4 Å². The summed E-state index contributed by atoms with van der Waals surface area (Å²) in [6.07, 6.45) is 0.751. The van der Waals surface area contributed by atoms with Gasteiger partial charge in [0.1, 0.15) is 0 Å². The third-order valence-corrected chi connectivity index (χ3v) is 2.60. The van der Waals surface area contributed by atoms with Crippen LogP contribution in [0.5, 0.6) is 0 Å². The Morgan fingerprint density at radius 1 is 1.31 bits per heavy atom. The van der Waals surface area contributed by atoms with E-state index in [-0.39, 0.29) is 6.61 Å². The van der Waals surface area contributed by atoms with Crippen LogP contribution in [0.2, 0.25) is 0 Å². The maximum absolute atomic E-state index is 8.92. The highest BCUT2D eigenvalue weighted by atomic mass is 32.1. The molecule has 16 heavy (non-hydrogen) atoms. The SMILES string of the molecule is CN(CCC(N)=S)Cc1ccc(CO)cc1. The number of thiocarbonyl (C=S) groups is 1. The lowest BCUT2D eigenvalue weighted by molar-refractivity contribution is 0.281. The fourth-order valence-corrected chi connectivity index (χ4v) is 1.53. The van der Waals surface area contributed by atoms with Crippen molar-refractivity contribution in [1.29, 1.82) is 0 Å². The minimum atomic E-state index is 0.0948. The van der Waals surface area contributed by atoms with E-state index in [1.54, 1.807) is 0 Å². The molecule has 4 heteroatoms. The lowest BCUT2D eigenvalue weighted by Gasteiger charge is -2.16. The zero-order chi connectivity index (χ0) is 12.0. The minimum absolute atomic E-state index is 0.0948. The molecule has 0 saturated carbocycles. The van der Waals surface area contributed by atoms with Crippen LogP contribution in [-0.4, -0.2) is 28.6 Å². The smallest absolute Gasteiger partial charge is 0.0740 e. The summed E-state index contributed by atoms with van der Waals surface area (Å²) in [6, 6.07) is 7.94. The Morgan fingerprint density at radius 2 is 1.88 bits per heavy atom. The molecular weight excluding hydrogens is 220 g/mol. The second-order valence-electron chi connectivity index (χ2n) is 3.93. The van der Waals surface area contributed by atoms with Crippen LogP contribution in [-0.2, 0) is 13.2 Å². The zero-order valence-corrected chi connectivity index (χ0v) is 10.3. The topological polar surface area (TPSA) is 49.5 Å². The third-order valence-electron chi connectivity index (χ3n) is 2.40. The maximum atomic E-state index is 8.92. The first-order chi connectivity index (χ1) is 7.61. The van der Waals surface area contributed by atoms with Crippen LogP contribution in [0, 0.1) is 0 Å². The van der Waals surface area contributed by atoms with Crippen LogP contribution in [0.1, 0.15) is 17.5 Å². The molecule has 0 fully saturated rings. The van der Waals surface area contributed by atoms with E-state index in [4.69, 9.17) is 23.1 Å². The normalized spacial score (nSPS) is 10.7. The number of rotatable bonds is 6. The average Bonchev–Trinajstić information content (AvgIpc) is 2.27. The van der Waals surface area contributed by atoms with Crippen LogP contribution in [0.4, 0.5) is 0 Å². The Hall–Kier alpha value is -0.970. The van der Waals surface area contributed by atoms with Crippen LogP contribution in [0.25, 0.3) is 0 Å². The molecule has 0 aromatic heterocycles. The summed E-state index contributed by atoms with van der Waals surface area (Å²) in [4.78, 5) is 2.73. The number of benzene rings is 1. The molecule has 0 radical (unpaired) electrons. The van der Waals surface area contributed by atoms with Crippen molar-refractivity contribution in [2.24, 2.45) is 5.73 Å². The van der Waals surface area contributed by atoms with Gasteiger partial charge in [-0.05, 0) is 18.2 Å². The molecule has 0 saturated heterocycles. The monoisotopic (exact) mass is 238 g/mol. The largest absolute Gasteiger partial charge is 0.393 e. The predicted octanol–water partition coefficient (Wildman–Crippen LogP) is 1.29. The summed E-state index contributed by atoms with van der Waals surface area (Å²) < 4.78 is 0. The molecule has 0 aliphatic rings. The van der Waals surface area contributed by atoms with E-state index in [0.29, 0.717) is 4.99 Å². The van der Waals surface area contributed by atoms with Crippen LogP contribution >= 0.6 is 12.2 Å². The lowest BCUT2D eigenvalue weighted by atomic mass is 10.1. The van der Waals surface area contributed by atoms with Gasteiger partial charge in [-0.3, -0.25) is 0 Å². The summed E-state index contributed by atoms with van der Waals surface area (Å²) in [5.41, 5.74) is 7.61. The molecule has 0 heterocycles. The summed E-state index contributed by atoms with van der Waals surface area (Å²) in [5, 5.41) is 8.92. The van der Waals surface area contributed by atoms with Crippen LogP contribution in [0.3, 0.4) is 0 Å². The van der Waals surface area contributed by atoms with Crippen molar-refractivity contribution in [3.63, 3.8) is 0 Å². The van der Waals surface area contributed by atoms with E-state index in [0.717, 1.165) is 25.1 Å². The molecule has 1 rings (SSSR count). The summed E-state index contributed by atoms with van der Waals surface area (Å²) in [6.45, 7) is 1.84. The predicted molar refractivity (Wildman–Crippen MR) is 70.1 cm³/mol. The van der Waals surface area contributed by atoms with Gasteiger partial charge in [-0.15, -0.1) is 0 Å². The Kier molecular flexibility index (Phi) is 5.38. The van der Waals surface area contributed by atoms with Gasteiger partial charge < -0.3 is 15.7 Å². The Labute approximate surface area is 102 Å². The number of aliphatic hydroxyl groups excluding tert-OH is 1. The first-order valence-electron chi connectivity index (χ1n) is 5.27. The van der Waals surface area contributed by atoms with Gasteiger partial charge in [0.15, 0.2) is 0 Å². The Bertz CT molecular complexity index is 337. The third kappa shape index (κ3) is 4.70. The number of aliphatic hydroxyl groups is 1. The molecule has 0 amide bonds. The van der Waals surface area contributed by atoms with Gasteiger partial charge in [0.05, 0.1) is 11.6 Å². The van der Waals surface area contributed by atoms with E-state index >= 15 is 0 Å².